The van der Waals surface area contributed by atoms with Gasteiger partial charge in [0, 0.05) is 35.3 Å². The number of nitrogens with one attached hydrogen (secondary N) is 1. The maximum atomic E-state index is 6.27. The Kier molecular flexibility index (Phi) is 5.46. The van der Waals surface area contributed by atoms with E-state index in [0.717, 1.165) is 70.9 Å². The first-order valence-corrected chi connectivity index (χ1v) is 11.2. The molecule has 1 saturated heterocycles. The fourth-order valence-corrected chi connectivity index (χ4v) is 4.03. The highest BCUT2D eigenvalue weighted by atomic mass is 16.5. The SMILES string of the molecule is CCC1(COc2cnc(C)cc2-c2ccn3nc(Nc4cc(C)nc(C)n4)cc3c2)COC1. The van der Waals surface area contributed by atoms with Crippen molar-refractivity contribution in [3.8, 4) is 16.9 Å². The quantitative estimate of drug-likeness (QED) is 0.444. The van der Waals surface area contributed by atoms with Crippen LogP contribution in [0.15, 0.2) is 42.7 Å². The van der Waals surface area contributed by atoms with Gasteiger partial charge in [-0.1, -0.05) is 6.92 Å². The smallest absolute Gasteiger partial charge is 0.154 e. The maximum absolute atomic E-state index is 6.27. The van der Waals surface area contributed by atoms with Gasteiger partial charge < -0.3 is 14.8 Å². The Balaban J connectivity index is 1.43. The van der Waals surface area contributed by atoms with E-state index in [2.05, 4.69) is 44.4 Å². The Morgan fingerprint density at radius 1 is 1.06 bits per heavy atom. The Morgan fingerprint density at radius 2 is 1.91 bits per heavy atom. The zero-order valence-corrected chi connectivity index (χ0v) is 19.4. The van der Waals surface area contributed by atoms with Crippen molar-refractivity contribution in [1.29, 1.82) is 0 Å². The van der Waals surface area contributed by atoms with Crippen LogP contribution in [0.1, 0.15) is 30.6 Å². The molecule has 0 saturated carbocycles. The van der Waals surface area contributed by atoms with Gasteiger partial charge in [-0.05, 0) is 51.0 Å². The van der Waals surface area contributed by atoms with Crippen molar-refractivity contribution in [2.24, 2.45) is 5.41 Å². The number of pyridine rings is 2. The Bertz CT molecular complexity index is 1290. The average Bonchev–Trinajstić information content (AvgIpc) is 3.14. The van der Waals surface area contributed by atoms with Crippen molar-refractivity contribution >= 4 is 17.2 Å². The Morgan fingerprint density at radius 3 is 2.64 bits per heavy atom. The number of fused-ring (bicyclic) bond motifs is 1. The van der Waals surface area contributed by atoms with Crippen LogP contribution in [0.5, 0.6) is 5.75 Å². The monoisotopic (exact) mass is 444 g/mol. The fourth-order valence-electron chi connectivity index (χ4n) is 4.03. The third-order valence-corrected chi connectivity index (χ3v) is 6.10. The lowest BCUT2D eigenvalue weighted by Crippen LogP contribution is -2.46. The molecule has 5 rings (SSSR count). The van der Waals surface area contributed by atoms with E-state index >= 15 is 0 Å². The van der Waals surface area contributed by atoms with Crippen molar-refractivity contribution < 1.29 is 9.47 Å². The summed E-state index contributed by atoms with van der Waals surface area (Å²) in [5.41, 5.74) is 5.01. The van der Waals surface area contributed by atoms with Crippen molar-refractivity contribution in [3.05, 3.63) is 59.9 Å². The molecule has 0 aromatic carbocycles. The number of nitrogens with zero attached hydrogens (tertiary/aromatic N) is 5. The normalized spacial score (nSPS) is 14.8. The zero-order valence-electron chi connectivity index (χ0n) is 19.4. The van der Waals surface area contributed by atoms with Gasteiger partial charge in [0.05, 0.1) is 36.9 Å². The minimum absolute atomic E-state index is 0.107. The second kappa shape index (κ2) is 8.44. The molecule has 0 amide bonds. The molecule has 170 valence electrons. The van der Waals surface area contributed by atoms with Crippen LogP contribution >= 0.6 is 0 Å². The number of hydrogen-bond acceptors (Lipinski definition) is 7. The molecular formula is C25H28N6O2. The van der Waals surface area contributed by atoms with Gasteiger partial charge in [-0.3, -0.25) is 4.98 Å². The molecule has 0 radical (unpaired) electrons. The van der Waals surface area contributed by atoms with E-state index in [9.17, 15) is 0 Å². The van der Waals surface area contributed by atoms with Crippen LogP contribution in [0.3, 0.4) is 0 Å². The second-order valence-corrected chi connectivity index (χ2v) is 8.84. The van der Waals surface area contributed by atoms with Crippen LogP contribution in [0.25, 0.3) is 16.6 Å². The molecule has 8 nitrogen and oxygen atoms in total. The van der Waals surface area contributed by atoms with E-state index in [0.29, 0.717) is 6.61 Å². The van der Waals surface area contributed by atoms with Crippen molar-refractivity contribution in [2.75, 3.05) is 25.1 Å². The van der Waals surface area contributed by atoms with Crippen molar-refractivity contribution in [1.82, 2.24) is 24.6 Å². The van der Waals surface area contributed by atoms with Gasteiger partial charge in [0.25, 0.3) is 0 Å². The lowest BCUT2D eigenvalue weighted by Gasteiger charge is -2.40. The first-order chi connectivity index (χ1) is 15.9. The molecule has 1 aliphatic rings. The molecule has 33 heavy (non-hydrogen) atoms. The topological polar surface area (TPSA) is 86.5 Å². The highest BCUT2D eigenvalue weighted by Gasteiger charge is 2.37. The van der Waals surface area contributed by atoms with Crippen LogP contribution in [0.2, 0.25) is 0 Å². The maximum Gasteiger partial charge on any atom is 0.154 e. The molecule has 0 atom stereocenters. The first-order valence-electron chi connectivity index (χ1n) is 11.2. The predicted octanol–water partition coefficient (Wildman–Crippen LogP) is 4.66. The van der Waals surface area contributed by atoms with E-state index in [1.807, 2.05) is 55.9 Å². The summed E-state index contributed by atoms with van der Waals surface area (Å²) in [5.74, 6) is 2.97. The summed E-state index contributed by atoms with van der Waals surface area (Å²) in [4.78, 5) is 13.2. The average molecular weight is 445 g/mol. The molecule has 4 aromatic heterocycles. The van der Waals surface area contributed by atoms with E-state index in [1.165, 1.54) is 0 Å². The number of anilines is 2. The molecule has 1 aliphatic heterocycles. The predicted molar refractivity (Wildman–Crippen MR) is 127 cm³/mol. The molecular weight excluding hydrogens is 416 g/mol. The molecule has 1 N–H and O–H groups in total. The molecule has 1 fully saturated rings. The minimum Gasteiger partial charge on any atom is -0.491 e. The van der Waals surface area contributed by atoms with Gasteiger partial charge in [-0.25, -0.2) is 14.5 Å². The van der Waals surface area contributed by atoms with E-state index in [4.69, 9.17) is 9.47 Å². The second-order valence-electron chi connectivity index (χ2n) is 8.84. The summed E-state index contributed by atoms with van der Waals surface area (Å²) < 4.78 is 13.6. The van der Waals surface area contributed by atoms with Gasteiger partial charge in [-0.2, -0.15) is 5.10 Å². The van der Waals surface area contributed by atoms with Crippen LogP contribution in [0.4, 0.5) is 11.6 Å². The lowest BCUT2D eigenvalue weighted by molar-refractivity contribution is -0.133. The van der Waals surface area contributed by atoms with E-state index in [1.54, 1.807) is 0 Å². The number of rotatable bonds is 7. The molecule has 0 unspecified atom stereocenters. The number of ether oxygens (including phenoxy) is 2. The summed E-state index contributed by atoms with van der Waals surface area (Å²) in [5, 5.41) is 7.91. The summed E-state index contributed by atoms with van der Waals surface area (Å²) in [7, 11) is 0. The molecule has 4 aromatic rings. The summed E-state index contributed by atoms with van der Waals surface area (Å²) in [6.07, 6.45) is 4.81. The third-order valence-electron chi connectivity index (χ3n) is 6.10. The molecule has 0 aliphatic carbocycles. The van der Waals surface area contributed by atoms with E-state index in [-0.39, 0.29) is 5.41 Å². The molecule has 8 heteroatoms. The zero-order chi connectivity index (χ0) is 23.0. The molecule has 5 heterocycles. The first kappa shape index (κ1) is 21.3. The highest BCUT2D eigenvalue weighted by Crippen LogP contribution is 2.35. The fraction of sp³-hybridized carbons (Fsp3) is 0.360. The van der Waals surface area contributed by atoms with Crippen LogP contribution < -0.4 is 10.1 Å². The van der Waals surface area contributed by atoms with Crippen molar-refractivity contribution in [2.45, 2.75) is 34.1 Å². The summed E-state index contributed by atoms with van der Waals surface area (Å²) in [6, 6.07) is 10.1. The number of aromatic nitrogens is 5. The lowest BCUT2D eigenvalue weighted by atomic mass is 9.84. The van der Waals surface area contributed by atoms with Crippen LogP contribution in [0, 0.1) is 26.2 Å². The van der Waals surface area contributed by atoms with Crippen LogP contribution in [-0.4, -0.2) is 44.4 Å². The van der Waals surface area contributed by atoms with Gasteiger partial charge in [-0.15, -0.1) is 0 Å². The van der Waals surface area contributed by atoms with Gasteiger partial charge >= 0.3 is 0 Å². The van der Waals surface area contributed by atoms with Gasteiger partial charge in [0.1, 0.15) is 17.4 Å². The number of hydrogen-bond donors (Lipinski definition) is 1. The van der Waals surface area contributed by atoms with Gasteiger partial charge in [0.2, 0.25) is 0 Å². The third kappa shape index (κ3) is 4.39. The van der Waals surface area contributed by atoms with E-state index < -0.39 is 0 Å². The number of aryl methyl sites for hydroxylation is 3. The van der Waals surface area contributed by atoms with Crippen LogP contribution in [-0.2, 0) is 4.74 Å². The Labute approximate surface area is 193 Å². The highest BCUT2D eigenvalue weighted by molar-refractivity contribution is 5.75. The largest absolute Gasteiger partial charge is 0.491 e. The summed E-state index contributed by atoms with van der Waals surface area (Å²) in [6.45, 7) is 10.1. The summed E-state index contributed by atoms with van der Waals surface area (Å²) >= 11 is 0. The standard InChI is InChI=1S/C25H28N6O2/c1-5-25(13-32-14-25)15-33-22-12-26-16(2)8-21(22)19-6-7-31-20(10-19)11-24(30-31)29-23-9-17(3)27-18(4)28-23/h6-12H,5,13-15H2,1-4H3,(H,27,28,29,30). The minimum atomic E-state index is 0.107. The van der Waals surface area contributed by atoms with Crippen molar-refractivity contribution in [3.63, 3.8) is 0 Å². The molecule has 0 bridgehead atoms. The Hall–Kier alpha value is -3.52. The van der Waals surface area contributed by atoms with Gasteiger partial charge in [0.15, 0.2) is 5.82 Å². The molecule has 0 spiro atoms.